The van der Waals surface area contributed by atoms with Crippen LogP contribution in [0, 0.1) is 0 Å². The molecule has 0 saturated carbocycles. The Morgan fingerprint density at radius 2 is 2.07 bits per heavy atom. The Morgan fingerprint density at radius 1 is 1.40 bits per heavy atom. The summed E-state index contributed by atoms with van der Waals surface area (Å²) in [4.78, 5) is 10.6. The molecule has 1 aromatic carbocycles. The Labute approximate surface area is 89.7 Å². The molecule has 0 amide bonds. The van der Waals surface area contributed by atoms with Crippen LogP contribution in [0.3, 0.4) is 0 Å². The second kappa shape index (κ2) is 4.82. The zero-order valence-electron chi connectivity index (χ0n) is 9.28. The average Bonchev–Trinajstić information content (AvgIpc) is 2.16. The highest BCUT2D eigenvalue weighted by Crippen LogP contribution is 2.23. The zero-order valence-corrected chi connectivity index (χ0v) is 9.28. The minimum absolute atomic E-state index is 0.0386. The van der Waals surface area contributed by atoms with Crippen LogP contribution in [0.5, 0.6) is 5.75 Å². The van der Waals surface area contributed by atoms with Gasteiger partial charge in [-0.05, 0) is 29.2 Å². The van der Waals surface area contributed by atoms with Gasteiger partial charge in [0.25, 0.3) is 0 Å². The topological polar surface area (TPSA) is 46.5 Å². The molecule has 0 fully saturated rings. The number of ether oxygens (including phenoxy) is 1. The smallest absolute Gasteiger partial charge is 0.307 e. The van der Waals surface area contributed by atoms with Gasteiger partial charge in [-0.2, -0.15) is 0 Å². The first-order valence-electron chi connectivity index (χ1n) is 4.92. The predicted octanol–water partition coefficient (Wildman–Crippen LogP) is 2.45. The van der Waals surface area contributed by atoms with Crippen molar-refractivity contribution in [2.24, 2.45) is 0 Å². The van der Waals surface area contributed by atoms with Crippen molar-refractivity contribution in [3.05, 3.63) is 29.3 Å². The molecule has 1 rings (SSSR count). The molecule has 0 aliphatic heterocycles. The van der Waals surface area contributed by atoms with E-state index in [0.29, 0.717) is 5.92 Å². The fourth-order valence-corrected chi connectivity index (χ4v) is 1.41. The van der Waals surface area contributed by atoms with E-state index in [1.165, 1.54) is 0 Å². The van der Waals surface area contributed by atoms with Gasteiger partial charge < -0.3 is 9.84 Å². The molecule has 0 atom stereocenters. The molecule has 0 spiro atoms. The van der Waals surface area contributed by atoms with Crippen LogP contribution in [-0.4, -0.2) is 18.2 Å². The van der Waals surface area contributed by atoms with Crippen LogP contribution in [0.2, 0.25) is 0 Å². The van der Waals surface area contributed by atoms with Crippen LogP contribution < -0.4 is 4.74 Å². The largest absolute Gasteiger partial charge is 0.497 e. The molecule has 0 aliphatic rings. The van der Waals surface area contributed by atoms with Crippen LogP contribution in [0.4, 0.5) is 0 Å². The highest BCUT2D eigenvalue weighted by molar-refractivity contribution is 5.70. The second-order valence-electron chi connectivity index (χ2n) is 3.84. The summed E-state index contributed by atoms with van der Waals surface area (Å²) in [6.45, 7) is 4.14. The number of aliphatic carboxylic acids is 1. The lowest BCUT2D eigenvalue weighted by Gasteiger charge is -2.10. The summed E-state index contributed by atoms with van der Waals surface area (Å²) in [5, 5.41) is 8.72. The van der Waals surface area contributed by atoms with Gasteiger partial charge in [-0.3, -0.25) is 4.79 Å². The maximum Gasteiger partial charge on any atom is 0.307 e. The quantitative estimate of drug-likeness (QED) is 0.826. The number of hydrogen-bond donors (Lipinski definition) is 1. The molecule has 1 aromatic rings. The Kier molecular flexibility index (Phi) is 3.72. The van der Waals surface area contributed by atoms with Crippen LogP contribution in [0.25, 0.3) is 0 Å². The van der Waals surface area contributed by atoms with Gasteiger partial charge in [-0.25, -0.2) is 0 Å². The molecule has 0 bridgehead atoms. The third-order valence-electron chi connectivity index (χ3n) is 2.25. The van der Waals surface area contributed by atoms with Crippen molar-refractivity contribution >= 4 is 5.97 Å². The van der Waals surface area contributed by atoms with E-state index >= 15 is 0 Å². The third-order valence-corrected chi connectivity index (χ3v) is 2.25. The van der Waals surface area contributed by atoms with E-state index < -0.39 is 5.97 Å². The summed E-state index contributed by atoms with van der Waals surface area (Å²) in [5.41, 5.74) is 1.89. The number of benzene rings is 1. The van der Waals surface area contributed by atoms with Gasteiger partial charge in [0.1, 0.15) is 5.75 Å². The lowest BCUT2D eigenvalue weighted by molar-refractivity contribution is -0.136. The highest BCUT2D eigenvalue weighted by atomic mass is 16.5. The summed E-state index contributed by atoms with van der Waals surface area (Å²) in [6.07, 6.45) is 0.0386. The van der Waals surface area contributed by atoms with Gasteiger partial charge in [0, 0.05) is 0 Å². The summed E-state index contributed by atoms with van der Waals surface area (Å²) in [6, 6.07) is 5.62. The van der Waals surface area contributed by atoms with Gasteiger partial charge in [-0.1, -0.05) is 19.9 Å². The van der Waals surface area contributed by atoms with Crippen molar-refractivity contribution in [1.29, 1.82) is 0 Å². The Balaban J connectivity index is 3.05. The first-order valence-corrected chi connectivity index (χ1v) is 4.92. The highest BCUT2D eigenvalue weighted by Gasteiger charge is 2.07. The second-order valence-corrected chi connectivity index (χ2v) is 3.84. The lowest BCUT2D eigenvalue weighted by Crippen LogP contribution is -2.02. The van der Waals surface area contributed by atoms with Gasteiger partial charge in [0.15, 0.2) is 0 Å². The number of carboxylic acid groups (broad SMARTS) is 1. The molecule has 0 aromatic heterocycles. The standard InChI is InChI=1S/C12H16O3/c1-8(2)10-4-9(6-12(13)14)5-11(7-10)15-3/h4-5,7-8H,6H2,1-3H3,(H,13,14). The van der Waals surface area contributed by atoms with Crippen molar-refractivity contribution in [3.63, 3.8) is 0 Å². The number of carboxylic acids is 1. The van der Waals surface area contributed by atoms with Gasteiger partial charge in [0.05, 0.1) is 13.5 Å². The normalized spacial score (nSPS) is 10.4. The first kappa shape index (κ1) is 11.6. The van der Waals surface area contributed by atoms with Crippen LogP contribution in [0.1, 0.15) is 30.9 Å². The molecule has 1 N–H and O–H groups in total. The van der Waals surface area contributed by atoms with Crippen LogP contribution in [0.15, 0.2) is 18.2 Å². The molecular weight excluding hydrogens is 192 g/mol. The maximum atomic E-state index is 10.6. The third kappa shape index (κ3) is 3.27. The van der Waals surface area contributed by atoms with E-state index in [9.17, 15) is 4.79 Å². The monoisotopic (exact) mass is 208 g/mol. The molecule has 3 nitrogen and oxygen atoms in total. The van der Waals surface area contributed by atoms with Gasteiger partial charge >= 0.3 is 5.97 Å². The molecule has 3 heteroatoms. The summed E-state index contributed by atoms with van der Waals surface area (Å²) >= 11 is 0. The lowest BCUT2D eigenvalue weighted by atomic mass is 9.99. The van der Waals surface area contributed by atoms with Gasteiger partial charge in [0.2, 0.25) is 0 Å². The zero-order chi connectivity index (χ0) is 11.4. The van der Waals surface area contributed by atoms with Crippen molar-refractivity contribution in [2.75, 3.05) is 7.11 Å². The molecule has 0 aliphatic carbocycles. The van der Waals surface area contributed by atoms with E-state index in [-0.39, 0.29) is 6.42 Å². The van der Waals surface area contributed by atoms with E-state index in [1.54, 1.807) is 13.2 Å². The number of rotatable bonds is 4. The fraction of sp³-hybridized carbons (Fsp3) is 0.417. The minimum atomic E-state index is -0.821. The molecule has 0 unspecified atom stereocenters. The van der Waals surface area contributed by atoms with Gasteiger partial charge in [-0.15, -0.1) is 0 Å². The molecule has 15 heavy (non-hydrogen) atoms. The number of carbonyl (C=O) groups is 1. The summed E-state index contributed by atoms with van der Waals surface area (Å²) < 4.78 is 5.13. The Morgan fingerprint density at radius 3 is 2.53 bits per heavy atom. The Bertz CT molecular complexity index is 356. The van der Waals surface area contributed by atoms with E-state index in [0.717, 1.165) is 16.9 Å². The van der Waals surface area contributed by atoms with Crippen molar-refractivity contribution in [1.82, 2.24) is 0 Å². The van der Waals surface area contributed by atoms with E-state index in [2.05, 4.69) is 13.8 Å². The summed E-state index contributed by atoms with van der Waals surface area (Å²) in [5.74, 6) is 0.267. The van der Waals surface area contributed by atoms with E-state index in [4.69, 9.17) is 9.84 Å². The molecular formula is C12H16O3. The number of hydrogen-bond acceptors (Lipinski definition) is 2. The van der Waals surface area contributed by atoms with Crippen molar-refractivity contribution in [2.45, 2.75) is 26.2 Å². The molecule has 0 saturated heterocycles. The minimum Gasteiger partial charge on any atom is -0.497 e. The van der Waals surface area contributed by atoms with Crippen LogP contribution >= 0.6 is 0 Å². The summed E-state index contributed by atoms with van der Waals surface area (Å²) in [7, 11) is 1.59. The van der Waals surface area contributed by atoms with Crippen LogP contribution in [-0.2, 0) is 11.2 Å². The molecule has 0 radical (unpaired) electrons. The molecule has 0 heterocycles. The van der Waals surface area contributed by atoms with Crippen molar-refractivity contribution < 1.29 is 14.6 Å². The predicted molar refractivity (Wildman–Crippen MR) is 58.4 cm³/mol. The average molecular weight is 208 g/mol. The van der Waals surface area contributed by atoms with E-state index in [1.807, 2.05) is 12.1 Å². The maximum absolute atomic E-state index is 10.6. The number of methoxy groups -OCH3 is 1. The Hall–Kier alpha value is -1.51. The molecule has 82 valence electrons. The SMILES string of the molecule is COc1cc(CC(=O)O)cc(C(C)C)c1. The first-order chi connectivity index (χ1) is 7.02. The van der Waals surface area contributed by atoms with Crippen molar-refractivity contribution in [3.8, 4) is 5.75 Å². The fourth-order valence-electron chi connectivity index (χ4n) is 1.41.